The molecule has 24 heavy (non-hydrogen) atoms. The smallest absolute Gasteiger partial charge is 0.189 e. The van der Waals surface area contributed by atoms with Crippen molar-refractivity contribution in [1.82, 2.24) is 10.3 Å². The second kappa shape index (κ2) is 9.63. The average Bonchev–Trinajstić information content (AvgIpc) is 2.52. The molecule has 0 bridgehead atoms. The molecule has 1 aromatic heterocycles. The van der Waals surface area contributed by atoms with E-state index in [2.05, 4.69) is 27.4 Å². The first-order chi connectivity index (χ1) is 11.0. The van der Waals surface area contributed by atoms with Gasteiger partial charge >= 0.3 is 0 Å². The maximum atomic E-state index is 5.95. The van der Waals surface area contributed by atoms with Gasteiger partial charge in [-0.2, -0.15) is 0 Å². The maximum absolute atomic E-state index is 5.95. The van der Waals surface area contributed by atoms with Crippen LogP contribution < -0.4 is 16.0 Å². The molecule has 0 aliphatic carbocycles. The van der Waals surface area contributed by atoms with Gasteiger partial charge in [0.2, 0.25) is 0 Å². The average molecular weight is 443 g/mol. The van der Waals surface area contributed by atoms with Crippen molar-refractivity contribution in [3.05, 3.63) is 35.9 Å². The number of fused-ring (bicyclic) bond motifs is 1. The molecular weight excluding hydrogens is 417 g/mol. The summed E-state index contributed by atoms with van der Waals surface area (Å²) in [5, 5.41) is 4.21. The molecule has 7 heteroatoms. The Morgan fingerprint density at radius 2 is 2.08 bits per heavy atom. The second-order valence-electron chi connectivity index (χ2n) is 5.75. The van der Waals surface area contributed by atoms with E-state index in [0.29, 0.717) is 19.1 Å². The molecule has 0 aliphatic heterocycles. The molecule has 132 valence electrons. The number of pyridine rings is 1. The molecule has 0 aliphatic rings. The lowest BCUT2D eigenvalue weighted by Gasteiger charge is -2.15. The lowest BCUT2D eigenvalue weighted by atomic mass is 10.1. The van der Waals surface area contributed by atoms with Crippen LogP contribution in [0.4, 0.5) is 5.82 Å². The maximum Gasteiger partial charge on any atom is 0.189 e. The molecule has 0 amide bonds. The van der Waals surface area contributed by atoms with Crippen molar-refractivity contribution in [2.24, 2.45) is 10.7 Å². The molecule has 1 aromatic carbocycles. The number of methoxy groups -OCH3 is 1. The van der Waals surface area contributed by atoms with Crippen LogP contribution in [0.3, 0.4) is 0 Å². The molecule has 2 aromatic rings. The Kier molecular flexibility index (Phi) is 8.20. The normalized spacial score (nSPS) is 12.6. The van der Waals surface area contributed by atoms with Gasteiger partial charge in [-0.05, 0) is 24.6 Å². The summed E-state index contributed by atoms with van der Waals surface area (Å²) in [5.74, 6) is 1.33. The highest BCUT2D eigenvalue weighted by Crippen LogP contribution is 2.22. The zero-order valence-corrected chi connectivity index (χ0v) is 16.9. The van der Waals surface area contributed by atoms with Gasteiger partial charge in [-0.3, -0.25) is 0 Å². The molecule has 6 nitrogen and oxygen atoms in total. The molecule has 3 N–H and O–H groups in total. The number of guanidine groups is 1. The Hall–Kier alpha value is -1.61. The molecule has 1 heterocycles. The molecule has 0 saturated heterocycles. The molecule has 0 spiro atoms. The summed E-state index contributed by atoms with van der Waals surface area (Å²) in [6.07, 6.45) is 0. The van der Waals surface area contributed by atoms with Gasteiger partial charge in [0, 0.05) is 32.6 Å². The van der Waals surface area contributed by atoms with Crippen LogP contribution in [0.1, 0.15) is 12.5 Å². The number of para-hydroxylation sites is 1. The van der Waals surface area contributed by atoms with E-state index in [1.54, 1.807) is 7.11 Å². The van der Waals surface area contributed by atoms with Crippen molar-refractivity contribution >= 4 is 46.7 Å². The van der Waals surface area contributed by atoms with Gasteiger partial charge in [0.25, 0.3) is 0 Å². The quantitative estimate of drug-likeness (QED) is 0.408. The number of anilines is 1. The zero-order chi connectivity index (χ0) is 16.8. The van der Waals surface area contributed by atoms with E-state index < -0.39 is 0 Å². The number of halogens is 1. The lowest BCUT2D eigenvalue weighted by molar-refractivity contribution is 0.179. The first-order valence-corrected chi connectivity index (χ1v) is 7.62. The van der Waals surface area contributed by atoms with Crippen molar-refractivity contribution in [3.63, 3.8) is 0 Å². The number of hydrogen-bond acceptors (Lipinski definition) is 4. The van der Waals surface area contributed by atoms with Crippen LogP contribution in [0.25, 0.3) is 10.9 Å². The van der Waals surface area contributed by atoms with Crippen molar-refractivity contribution in [2.75, 3.05) is 32.7 Å². The topological polar surface area (TPSA) is 75.8 Å². The third-order valence-corrected chi connectivity index (χ3v) is 3.48. The Balaban J connectivity index is 0.00000288. The van der Waals surface area contributed by atoms with Crippen LogP contribution in [-0.4, -0.2) is 44.8 Å². The molecular formula is C17H26IN5O. The molecule has 1 unspecified atom stereocenters. The standard InChI is InChI=1S/C17H25N5O.HI/c1-12(11-23-4)20-17(18)19-10-13-9-16(22(2)3)21-15-8-6-5-7-14(13)15;/h5-9,12H,10-11H2,1-4H3,(H3,18,19,20);1H. The van der Waals surface area contributed by atoms with E-state index in [1.807, 2.05) is 44.1 Å². The van der Waals surface area contributed by atoms with Gasteiger partial charge in [0.1, 0.15) is 5.82 Å². The Bertz CT molecular complexity index is 690. The third kappa shape index (κ3) is 5.48. The summed E-state index contributed by atoms with van der Waals surface area (Å²) < 4.78 is 5.08. The number of nitrogens with one attached hydrogen (secondary N) is 1. The largest absolute Gasteiger partial charge is 0.383 e. The van der Waals surface area contributed by atoms with Crippen molar-refractivity contribution in [1.29, 1.82) is 0 Å². The van der Waals surface area contributed by atoms with Gasteiger partial charge in [-0.1, -0.05) is 18.2 Å². The molecule has 2 rings (SSSR count). The number of benzene rings is 1. The highest BCUT2D eigenvalue weighted by molar-refractivity contribution is 14.0. The predicted octanol–water partition coefficient (Wildman–Crippen LogP) is 2.36. The van der Waals surface area contributed by atoms with Crippen molar-refractivity contribution in [2.45, 2.75) is 19.5 Å². The second-order valence-corrected chi connectivity index (χ2v) is 5.75. The minimum atomic E-state index is 0. The fraction of sp³-hybridized carbons (Fsp3) is 0.412. The SMILES string of the molecule is COCC(C)NC(N)=NCc1cc(N(C)C)nc2ccccc12.I. The number of ether oxygens (including phenoxy) is 1. The lowest BCUT2D eigenvalue weighted by Crippen LogP contribution is -2.40. The number of aromatic nitrogens is 1. The van der Waals surface area contributed by atoms with Crippen LogP contribution in [-0.2, 0) is 11.3 Å². The van der Waals surface area contributed by atoms with Crippen LogP contribution in [0, 0.1) is 0 Å². The summed E-state index contributed by atoms with van der Waals surface area (Å²) in [7, 11) is 5.62. The molecule has 0 fully saturated rings. The molecule has 1 atom stereocenters. The van der Waals surface area contributed by atoms with E-state index in [4.69, 9.17) is 10.5 Å². The summed E-state index contributed by atoms with van der Waals surface area (Å²) in [5.41, 5.74) is 8.01. The van der Waals surface area contributed by atoms with Crippen molar-refractivity contribution < 1.29 is 4.74 Å². The van der Waals surface area contributed by atoms with Crippen LogP contribution in [0.15, 0.2) is 35.3 Å². The number of aliphatic imine (C=N–C) groups is 1. The third-order valence-electron chi connectivity index (χ3n) is 3.48. The molecule has 0 radical (unpaired) electrons. The van der Waals surface area contributed by atoms with Crippen molar-refractivity contribution in [3.8, 4) is 0 Å². The van der Waals surface area contributed by atoms with Gasteiger partial charge in [0.15, 0.2) is 5.96 Å². The van der Waals surface area contributed by atoms with Gasteiger partial charge < -0.3 is 20.7 Å². The van der Waals surface area contributed by atoms with Gasteiger partial charge in [-0.15, -0.1) is 24.0 Å². The van der Waals surface area contributed by atoms with Gasteiger partial charge in [0.05, 0.1) is 18.7 Å². The number of hydrogen-bond donors (Lipinski definition) is 2. The highest BCUT2D eigenvalue weighted by atomic mass is 127. The number of nitrogens with two attached hydrogens (primary N) is 1. The van der Waals surface area contributed by atoms with Crippen LogP contribution in [0.5, 0.6) is 0 Å². The first-order valence-electron chi connectivity index (χ1n) is 7.62. The van der Waals surface area contributed by atoms with Crippen LogP contribution >= 0.6 is 24.0 Å². The van der Waals surface area contributed by atoms with Crippen LogP contribution in [0.2, 0.25) is 0 Å². The minimum Gasteiger partial charge on any atom is -0.383 e. The van der Waals surface area contributed by atoms with E-state index in [0.717, 1.165) is 22.3 Å². The summed E-state index contributed by atoms with van der Waals surface area (Å²) >= 11 is 0. The van der Waals surface area contributed by atoms with E-state index in [1.165, 1.54) is 0 Å². The number of nitrogens with zero attached hydrogens (tertiary/aromatic N) is 3. The highest BCUT2D eigenvalue weighted by Gasteiger charge is 2.07. The Morgan fingerprint density at radius 3 is 2.75 bits per heavy atom. The Morgan fingerprint density at radius 1 is 1.38 bits per heavy atom. The zero-order valence-electron chi connectivity index (χ0n) is 14.6. The number of rotatable bonds is 6. The monoisotopic (exact) mass is 443 g/mol. The van der Waals surface area contributed by atoms with E-state index >= 15 is 0 Å². The summed E-state index contributed by atoms with van der Waals surface area (Å²) in [6.45, 7) is 3.08. The van der Waals surface area contributed by atoms with E-state index in [9.17, 15) is 0 Å². The fourth-order valence-electron chi connectivity index (χ4n) is 2.35. The van der Waals surface area contributed by atoms with E-state index in [-0.39, 0.29) is 30.0 Å². The van der Waals surface area contributed by atoms with Gasteiger partial charge in [-0.25, -0.2) is 9.98 Å². The first kappa shape index (κ1) is 20.4. The predicted molar refractivity (Wildman–Crippen MR) is 111 cm³/mol. The summed E-state index contributed by atoms with van der Waals surface area (Å²) in [6, 6.07) is 10.2. The summed E-state index contributed by atoms with van der Waals surface area (Å²) in [4.78, 5) is 11.1. The Labute approximate surface area is 160 Å². The minimum absolute atomic E-state index is 0. The fourth-order valence-corrected chi connectivity index (χ4v) is 2.35. The molecule has 0 saturated carbocycles.